The van der Waals surface area contributed by atoms with Crippen molar-refractivity contribution in [3.05, 3.63) is 53.3 Å². The first kappa shape index (κ1) is 18.9. The lowest BCUT2D eigenvalue weighted by Crippen LogP contribution is -2.26. The van der Waals surface area contributed by atoms with Crippen LogP contribution in [-0.4, -0.2) is 39.4 Å². The summed E-state index contributed by atoms with van der Waals surface area (Å²) in [5, 5.41) is 1.65. The van der Waals surface area contributed by atoms with Crippen LogP contribution in [0.3, 0.4) is 0 Å². The van der Waals surface area contributed by atoms with E-state index in [-0.39, 0.29) is 0 Å². The Bertz CT molecular complexity index is 1130. The highest BCUT2D eigenvalue weighted by Crippen LogP contribution is 2.50. The molecule has 7 heteroatoms. The number of benzene rings is 2. The van der Waals surface area contributed by atoms with Crippen LogP contribution < -0.4 is 18.9 Å². The maximum absolute atomic E-state index is 12.8. The summed E-state index contributed by atoms with van der Waals surface area (Å²) in [5.41, 5.74) is 0.313. The van der Waals surface area contributed by atoms with Crippen LogP contribution in [0.25, 0.3) is 10.8 Å². The first-order valence-electron chi connectivity index (χ1n) is 8.98. The van der Waals surface area contributed by atoms with Crippen molar-refractivity contribution in [1.82, 2.24) is 4.98 Å². The van der Waals surface area contributed by atoms with Crippen molar-refractivity contribution in [3.63, 3.8) is 0 Å². The number of rotatable bonds is 5. The average molecular weight is 395 g/mol. The van der Waals surface area contributed by atoms with Gasteiger partial charge in [0.15, 0.2) is 17.1 Å². The Kier molecular flexibility index (Phi) is 4.45. The van der Waals surface area contributed by atoms with Crippen molar-refractivity contribution < 1.29 is 28.5 Å². The van der Waals surface area contributed by atoms with Crippen LogP contribution in [0.2, 0.25) is 0 Å². The smallest absolute Gasteiger partial charge is 0.343 e. The average Bonchev–Trinajstić information content (AvgIpc) is 3.03. The number of carbonyl (C=O) groups excluding carboxylic acids is 1. The fourth-order valence-electron chi connectivity index (χ4n) is 3.91. The van der Waals surface area contributed by atoms with E-state index < -0.39 is 11.6 Å². The number of methoxy groups -OCH3 is 4. The molecule has 1 aliphatic heterocycles. The van der Waals surface area contributed by atoms with E-state index in [1.807, 2.05) is 18.2 Å². The minimum Gasteiger partial charge on any atom is -0.496 e. The third kappa shape index (κ3) is 2.65. The van der Waals surface area contributed by atoms with E-state index in [9.17, 15) is 4.79 Å². The Morgan fingerprint density at radius 2 is 1.48 bits per heavy atom. The Balaban J connectivity index is 2.05. The zero-order chi connectivity index (χ0) is 20.8. The topological polar surface area (TPSA) is 76.1 Å². The van der Waals surface area contributed by atoms with Gasteiger partial charge in [-0.05, 0) is 42.6 Å². The molecule has 0 radical (unpaired) electrons. The predicted octanol–water partition coefficient (Wildman–Crippen LogP) is 3.70. The van der Waals surface area contributed by atoms with Gasteiger partial charge >= 0.3 is 5.97 Å². The summed E-state index contributed by atoms with van der Waals surface area (Å²) in [6, 6.07) is 9.01. The lowest BCUT2D eigenvalue weighted by Gasteiger charge is -2.26. The molecular weight excluding hydrogens is 374 g/mol. The quantitative estimate of drug-likeness (QED) is 0.610. The van der Waals surface area contributed by atoms with Crippen LogP contribution in [0, 0.1) is 0 Å². The van der Waals surface area contributed by atoms with Crippen LogP contribution in [0.1, 0.15) is 28.5 Å². The Morgan fingerprint density at radius 3 is 2.14 bits per heavy atom. The minimum absolute atomic E-state index is 0.341. The fourth-order valence-corrected chi connectivity index (χ4v) is 3.91. The summed E-state index contributed by atoms with van der Waals surface area (Å²) in [6.45, 7) is 1.80. The molecule has 1 atom stereocenters. The van der Waals surface area contributed by atoms with Gasteiger partial charge in [-0.15, -0.1) is 0 Å². The third-order valence-corrected chi connectivity index (χ3v) is 5.27. The first-order chi connectivity index (χ1) is 14.0. The zero-order valence-electron chi connectivity index (χ0n) is 16.9. The fraction of sp³-hybridized carbons (Fsp3) is 0.273. The van der Waals surface area contributed by atoms with Crippen LogP contribution in [0.4, 0.5) is 0 Å². The normalized spacial score (nSPS) is 17.6. The molecule has 0 unspecified atom stereocenters. The molecule has 0 spiro atoms. The second-order valence-electron chi connectivity index (χ2n) is 6.73. The molecule has 0 saturated heterocycles. The standard InChI is InChI=1S/C22H21NO6/c1-22(19-15(26-3)7-6-14(25-2)18(19)21(24)29-22)20-13-11-17(28-5)16(27-4)10-12(13)8-9-23-20/h6-11H,1-5H3/t22-/m0/s1. The van der Waals surface area contributed by atoms with Gasteiger partial charge in [-0.3, -0.25) is 4.98 Å². The van der Waals surface area contributed by atoms with E-state index in [0.29, 0.717) is 39.8 Å². The molecule has 3 aromatic rings. The lowest BCUT2D eigenvalue weighted by atomic mass is 9.87. The first-order valence-corrected chi connectivity index (χ1v) is 8.98. The molecular formula is C22H21NO6. The number of hydrogen-bond donors (Lipinski definition) is 0. The maximum atomic E-state index is 12.8. The highest BCUT2D eigenvalue weighted by molar-refractivity contribution is 6.00. The molecule has 1 aromatic heterocycles. The number of hydrogen-bond acceptors (Lipinski definition) is 7. The van der Waals surface area contributed by atoms with Crippen LogP contribution in [0.5, 0.6) is 23.0 Å². The third-order valence-electron chi connectivity index (χ3n) is 5.27. The maximum Gasteiger partial charge on any atom is 0.343 e. The molecule has 0 fully saturated rings. The van der Waals surface area contributed by atoms with Gasteiger partial charge in [-0.25, -0.2) is 4.79 Å². The SMILES string of the molecule is COc1cc2ccnc([C@@]3(C)OC(=O)c4c(OC)ccc(OC)c43)c2cc1OC. The van der Waals surface area contributed by atoms with Gasteiger partial charge in [0.25, 0.3) is 0 Å². The van der Waals surface area contributed by atoms with E-state index in [4.69, 9.17) is 23.7 Å². The van der Waals surface area contributed by atoms with Crippen molar-refractivity contribution in [2.24, 2.45) is 0 Å². The van der Waals surface area contributed by atoms with Crippen LogP contribution in [0.15, 0.2) is 36.5 Å². The van der Waals surface area contributed by atoms with Crippen LogP contribution in [-0.2, 0) is 10.3 Å². The van der Waals surface area contributed by atoms with Crippen molar-refractivity contribution in [2.45, 2.75) is 12.5 Å². The molecule has 0 bridgehead atoms. The van der Waals surface area contributed by atoms with E-state index in [1.165, 1.54) is 7.11 Å². The van der Waals surface area contributed by atoms with E-state index in [0.717, 1.165) is 10.8 Å². The van der Waals surface area contributed by atoms with Gasteiger partial charge in [-0.2, -0.15) is 0 Å². The van der Waals surface area contributed by atoms with Gasteiger partial charge in [-0.1, -0.05) is 0 Å². The molecule has 2 heterocycles. The molecule has 2 aromatic carbocycles. The van der Waals surface area contributed by atoms with Gasteiger partial charge in [0.2, 0.25) is 0 Å². The number of aromatic nitrogens is 1. The molecule has 0 saturated carbocycles. The van der Waals surface area contributed by atoms with Gasteiger partial charge in [0.1, 0.15) is 17.1 Å². The molecule has 29 heavy (non-hydrogen) atoms. The monoisotopic (exact) mass is 395 g/mol. The molecule has 7 nitrogen and oxygen atoms in total. The molecule has 0 N–H and O–H groups in total. The predicted molar refractivity (Wildman–Crippen MR) is 106 cm³/mol. The number of fused-ring (bicyclic) bond motifs is 2. The number of pyridine rings is 1. The van der Waals surface area contributed by atoms with Gasteiger partial charge in [0.05, 0.1) is 39.7 Å². The second-order valence-corrected chi connectivity index (χ2v) is 6.73. The summed E-state index contributed by atoms with van der Waals surface area (Å²) in [7, 11) is 6.22. The summed E-state index contributed by atoms with van der Waals surface area (Å²) in [5.74, 6) is 1.62. The summed E-state index contributed by atoms with van der Waals surface area (Å²) in [4.78, 5) is 17.4. The minimum atomic E-state index is -1.18. The number of cyclic esters (lactones) is 1. The van der Waals surface area contributed by atoms with Crippen LogP contribution >= 0.6 is 0 Å². The summed E-state index contributed by atoms with van der Waals surface area (Å²) >= 11 is 0. The number of esters is 1. The number of nitrogens with zero attached hydrogens (tertiary/aromatic N) is 1. The molecule has 0 amide bonds. The molecule has 1 aliphatic rings. The zero-order valence-corrected chi connectivity index (χ0v) is 16.9. The molecule has 150 valence electrons. The van der Waals surface area contributed by atoms with Crippen molar-refractivity contribution in [2.75, 3.05) is 28.4 Å². The molecule has 4 rings (SSSR count). The Morgan fingerprint density at radius 1 is 0.862 bits per heavy atom. The number of carbonyl (C=O) groups is 1. The highest BCUT2D eigenvalue weighted by Gasteiger charge is 2.49. The van der Waals surface area contributed by atoms with Crippen molar-refractivity contribution >= 4 is 16.7 Å². The summed E-state index contributed by atoms with van der Waals surface area (Å²) < 4.78 is 27.7. The largest absolute Gasteiger partial charge is 0.496 e. The van der Waals surface area contributed by atoms with Crippen molar-refractivity contribution in [1.29, 1.82) is 0 Å². The van der Waals surface area contributed by atoms with E-state index in [1.54, 1.807) is 46.6 Å². The van der Waals surface area contributed by atoms with Gasteiger partial charge < -0.3 is 23.7 Å². The lowest BCUT2D eigenvalue weighted by molar-refractivity contribution is 0.0165. The second kappa shape index (κ2) is 6.84. The van der Waals surface area contributed by atoms with Gasteiger partial charge in [0, 0.05) is 11.6 Å². The van der Waals surface area contributed by atoms with E-state index >= 15 is 0 Å². The highest BCUT2D eigenvalue weighted by atomic mass is 16.6. The Hall–Kier alpha value is -3.48. The number of ether oxygens (including phenoxy) is 5. The van der Waals surface area contributed by atoms with Crippen molar-refractivity contribution in [3.8, 4) is 23.0 Å². The molecule has 0 aliphatic carbocycles. The summed E-state index contributed by atoms with van der Waals surface area (Å²) in [6.07, 6.45) is 1.67. The Labute approximate surface area is 168 Å². The van der Waals surface area contributed by atoms with E-state index in [2.05, 4.69) is 4.98 Å².